The lowest BCUT2D eigenvalue weighted by molar-refractivity contribution is 0.411. The molecule has 0 aliphatic heterocycles. The monoisotopic (exact) mass is 344 g/mol. The SMILES string of the molecule is CNC(Cc1cncc(Br)c1)C1CCCc2ccccc21. The van der Waals surface area contributed by atoms with Gasteiger partial charge in [0.25, 0.3) is 0 Å². The molecule has 2 aromatic rings. The molecule has 2 nitrogen and oxygen atoms in total. The Balaban J connectivity index is 1.84. The first-order chi connectivity index (χ1) is 10.3. The lowest BCUT2D eigenvalue weighted by atomic mass is 9.77. The maximum absolute atomic E-state index is 4.29. The first-order valence-electron chi connectivity index (χ1n) is 7.62. The number of aromatic nitrogens is 1. The highest BCUT2D eigenvalue weighted by atomic mass is 79.9. The fourth-order valence-electron chi connectivity index (χ4n) is 3.48. The van der Waals surface area contributed by atoms with E-state index in [1.165, 1.54) is 36.0 Å². The van der Waals surface area contributed by atoms with Crippen LogP contribution in [0.5, 0.6) is 0 Å². The van der Waals surface area contributed by atoms with Crippen molar-refractivity contribution in [2.24, 2.45) is 0 Å². The van der Waals surface area contributed by atoms with E-state index in [-0.39, 0.29) is 0 Å². The summed E-state index contributed by atoms with van der Waals surface area (Å²) in [6.07, 6.45) is 8.61. The average molecular weight is 345 g/mol. The summed E-state index contributed by atoms with van der Waals surface area (Å²) < 4.78 is 1.05. The van der Waals surface area contributed by atoms with Gasteiger partial charge in [0.05, 0.1) is 0 Å². The molecular weight excluding hydrogens is 324 g/mol. The predicted octanol–water partition coefficient (Wildman–Crippen LogP) is 4.09. The number of fused-ring (bicyclic) bond motifs is 1. The Kier molecular flexibility index (Phi) is 4.71. The molecule has 1 aromatic heterocycles. The molecule has 0 saturated heterocycles. The van der Waals surface area contributed by atoms with Crippen molar-refractivity contribution in [3.8, 4) is 0 Å². The summed E-state index contributed by atoms with van der Waals surface area (Å²) in [7, 11) is 2.08. The van der Waals surface area contributed by atoms with Gasteiger partial charge in [-0.1, -0.05) is 24.3 Å². The second-order valence-electron chi connectivity index (χ2n) is 5.81. The molecule has 0 spiro atoms. The molecule has 3 rings (SSSR count). The van der Waals surface area contributed by atoms with Gasteiger partial charge in [-0.2, -0.15) is 0 Å². The number of hydrogen-bond acceptors (Lipinski definition) is 2. The highest BCUT2D eigenvalue weighted by Crippen LogP contribution is 2.35. The van der Waals surface area contributed by atoms with Gasteiger partial charge in [0.15, 0.2) is 0 Å². The number of nitrogens with one attached hydrogen (secondary N) is 1. The van der Waals surface area contributed by atoms with E-state index in [0.717, 1.165) is 10.9 Å². The minimum absolute atomic E-state index is 0.461. The smallest absolute Gasteiger partial charge is 0.0410 e. The summed E-state index contributed by atoms with van der Waals surface area (Å²) >= 11 is 3.51. The van der Waals surface area contributed by atoms with Crippen LogP contribution in [-0.4, -0.2) is 18.1 Å². The van der Waals surface area contributed by atoms with Gasteiger partial charge in [0.1, 0.15) is 0 Å². The Morgan fingerprint density at radius 1 is 1.33 bits per heavy atom. The molecule has 1 aromatic carbocycles. The van der Waals surface area contributed by atoms with Crippen LogP contribution >= 0.6 is 15.9 Å². The van der Waals surface area contributed by atoms with Crippen molar-refractivity contribution in [1.29, 1.82) is 0 Å². The second-order valence-corrected chi connectivity index (χ2v) is 6.72. The highest BCUT2D eigenvalue weighted by molar-refractivity contribution is 9.10. The third kappa shape index (κ3) is 3.35. The second kappa shape index (κ2) is 6.71. The van der Waals surface area contributed by atoms with E-state index in [1.807, 2.05) is 12.4 Å². The largest absolute Gasteiger partial charge is 0.316 e. The Hall–Kier alpha value is -1.19. The van der Waals surface area contributed by atoms with Gasteiger partial charge in [0.2, 0.25) is 0 Å². The zero-order valence-corrected chi connectivity index (χ0v) is 13.9. The quantitative estimate of drug-likeness (QED) is 0.903. The van der Waals surface area contributed by atoms with Crippen molar-refractivity contribution < 1.29 is 0 Å². The normalized spacial score (nSPS) is 19.0. The third-order valence-corrected chi connectivity index (χ3v) is 4.92. The Morgan fingerprint density at radius 2 is 2.19 bits per heavy atom. The summed E-state index contributed by atoms with van der Waals surface area (Å²) in [4.78, 5) is 4.29. The van der Waals surface area contributed by atoms with Crippen LogP contribution in [-0.2, 0) is 12.8 Å². The zero-order chi connectivity index (χ0) is 14.7. The van der Waals surface area contributed by atoms with Gasteiger partial charge in [-0.15, -0.1) is 0 Å². The number of likely N-dealkylation sites (N-methyl/N-ethyl adjacent to an activating group) is 1. The minimum atomic E-state index is 0.461. The van der Waals surface area contributed by atoms with Crippen molar-refractivity contribution >= 4 is 15.9 Å². The minimum Gasteiger partial charge on any atom is -0.316 e. The van der Waals surface area contributed by atoms with Crippen LogP contribution in [0.2, 0.25) is 0 Å². The lowest BCUT2D eigenvalue weighted by Gasteiger charge is -2.32. The van der Waals surface area contributed by atoms with Crippen LogP contribution in [0, 0.1) is 0 Å². The molecule has 0 radical (unpaired) electrons. The average Bonchev–Trinajstić information content (AvgIpc) is 2.52. The molecule has 1 aliphatic carbocycles. The number of benzene rings is 1. The molecule has 21 heavy (non-hydrogen) atoms. The summed E-state index contributed by atoms with van der Waals surface area (Å²) in [6.45, 7) is 0. The number of aryl methyl sites for hydroxylation is 1. The Labute approximate surface area is 135 Å². The van der Waals surface area contributed by atoms with Crippen LogP contribution in [0.1, 0.15) is 35.4 Å². The van der Waals surface area contributed by atoms with E-state index < -0.39 is 0 Å². The van der Waals surface area contributed by atoms with Crippen LogP contribution in [0.25, 0.3) is 0 Å². The molecule has 0 fully saturated rings. The van der Waals surface area contributed by atoms with Crippen molar-refractivity contribution in [1.82, 2.24) is 10.3 Å². The lowest BCUT2D eigenvalue weighted by Crippen LogP contribution is -2.36. The number of rotatable bonds is 4. The van der Waals surface area contributed by atoms with Crippen molar-refractivity contribution in [2.45, 2.75) is 37.6 Å². The fourth-order valence-corrected chi connectivity index (χ4v) is 3.89. The summed E-state index contributed by atoms with van der Waals surface area (Å²) in [5.74, 6) is 0.596. The molecule has 0 saturated carbocycles. The van der Waals surface area contributed by atoms with E-state index >= 15 is 0 Å². The number of nitrogens with zero attached hydrogens (tertiary/aromatic N) is 1. The molecule has 1 N–H and O–H groups in total. The summed E-state index contributed by atoms with van der Waals surface area (Å²) in [5.41, 5.74) is 4.35. The summed E-state index contributed by atoms with van der Waals surface area (Å²) in [5, 5.41) is 3.54. The fraction of sp³-hybridized carbons (Fsp3) is 0.389. The maximum Gasteiger partial charge on any atom is 0.0410 e. The van der Waals surface area contributed by atoms with Crippen molar-refractivity contribution in [3.05, 3.63) is 63.9 Å². The Morgan fingerprint density at radius 3 is 3.00 bits per heavy atom. The predicted molar refractivity (Wildman–Crippen MR) is 90.6 cm³/mol. The maximum atomic E-state index is 4.29. The van der Waals surface area contributed by atoms with Gasteiger partial charge >= 0.3 is 0 Å². The van der Waals surface area contributed by atoms with Crippen molar-refractivity contribution in [3.63, 3.8) is 0 Å². The number of halogens is 1. The van der Waals surface area contributed by atoms with Gasteiger partial charge in [-0.25, -0.2) is 0 Å². The molecule has 1 aliphatic rings. The standard InChI is InChI=1S/C18H21BrN2/c1-20-18(10-13-9-15(19)12-21-11-13)17-8-4-6-14-5-2-3-7-16(14)17/h2-3,5,7,9,11-12,17-18,20H,4,6,8,10H2,1H3. The molecular formula is C18H21BrN2. The first kappa shape index (κ1) is 14.7. The van der Waals surface area contributed by atoms with Gasteiger partial charge in [0, 0.05) is 22.9 Å². The van der Waals surface area contributed by atoms with Crippen molar-refractivity contribution in [2.75, 3.05) is 7.05 Å². The molecule has 1 heterocycles. The van der Waals surface area contributed by atoms with E-state index in [1.54, 1.807) is 0 Å². The van der Waals surface area contributed by atoms with E-state index in [9.17, 15) is 0 Å². The van der Waals surface area contributed by atoms with E-state index in [4.69, 9.17) is 0 Å². The molecule has 3 heteroatoms. The van der Waals surface area contributed by atoms with Crippen LogP contribution in [0.15, 0.2) is 47.2 Å². The van der Waals surface area contributed by atoms with Gasteiger partial charge in [-0.05, 0) is 77.3 Å². The highest BCUT2D eigenvalue weighted by Gasteiger charge is 2.26. The molecule has 0 bridgehead atoms. The molecule has 2 unspecified atom stereocenters. The van der Waals surface area contributed by atoms with Crippen LogP contribution < -0.4 is 5.32 Å². The molecule has 2 atom stereocenters. The number of pyridine rings is 1. The van der Waals surface area contributed by atoms with Gasteiger partial charge < -0.3 is 5.32 Å². The van der Waals surface area contributed by atoms with Crippen LogP contribution in [0.4, 0.5) is 0 Å². The zero-order valence-electron chi connectivity index (χ0n) is 12.3. The Bertz CT molecular complexity index is 612. The molecule has 110 valence electrons. The van der Waals surface area contributed by atoms with E-state index in [2.05, 4.69) is 63.6 Å². The van der Waals surface area contributed by atoms with E-state index in [0.29, 0.717) is 12.0 Å². The van der Waals surface area contributed by atoms with Gasteiger partial charge in [-0.3, -0.25) is 4.98 Å². The third-order valence-electron chi connectivity index (χ3n) is 4.49. The van der Waals surface area contributed by atoms with Crippen LogP contribution in [0.3, 0.4) is 0 Å². The summed E-state index contributed by atoms with van der Waals surface area (Å²) in [6, 6.07) is 11.6. The molecule has 0 amide bonds. The topological polar surface area (TPSA) is 24.9 Å². The first-order valence-corrected chi connectivity index (χ1v) is 8.41. The number of hydrogen-bond donors (Lipinski definition) is 1.